The highest BCUT2D eigenvalue weighted by molar-refractivity contribution is 5.78. The zero-order valence-electron chi connectivity index (χ0n) is 14.7. The highest BCUT2D eigenvalue weighted by Gasteiger charge is 2.27. The third kappa shape index (κ3) is 5.07. The third-order valence-corrected chi connectivity index (χ3v) is 4.39. The molecule has 0 aromatic carbocycles. The van der Waals surface area contributed by atoms with Crippen molar-refractivity contribution in [2.24, 2.45) is 0 Å². The minimum Gasteiger partial charge on any atom is -0.349 e. The van der Waals surface area contributed by atoms with Crippen LogP contribution < -0.4 is 5.32 Å². The molecule has 1 amide bonds. The maximum atomic E-state index is 12.1. The summed E-state index contributed by atoms with van der Waals surface area (Å²) in [5.41, 5.74) is 0.866. The van der Waals surface area contributed by atoms with E-state index in [1.165, 1.54) is 0 Å². The number of likely N-dealkylation sites (tertiary alicyclic amines) is 1. The molecule has 0 spiro atoms. The average Bonchev–Trinajstić information content (AvgIpc) is 3.23. The third-order valence-electron chi connectivity index (χ3n) is 4.39. The molecule has 0 aliphatic carbocycles. The summed E-state index contributed by atoms with van der Waals surface area (Å²) in [4.78, 5) is 25.0. The first-order valence-corrected chi connectivity index (χ1v) is 8.48. The summed E-state index contributed by atoms with van der Waals surface area (Å²) in [6.45, 7) is 5.10. The molecule has 1 saturated heterocycles. The fourth-order valence-corrected chi connectivity index (χ4v) is 3.02. The molecule has 1 aliphatic rings. The van der Waals surface area contributed by atoms with Gasteiger partial charge in [0, 0.05) is 32.3 Å². The summed E-state index contributed by atoms with van der Waals surface area (Å²) in [5, 5.41) is 6.86. The fraction of sp³-hybridized carbons (Fsp3) is 0.529. The number of aromatic nitrogens is 3. The summed E-state index contributed by atoms with van der Waals surface area (Å²) in [6, 6.07) is 6.08. The fourth-order valence-electron chi connectivity index (χ4n) is 3.02. The van der Waals surface area contributed by atoms with Crippen molar-refractivity contribution in [1.29, 1.82) is 0 Å². The van der Waals surface area contributed by atoms with Gasteiger partial charge in [-0.25, -0.2) is 0 Å². The van der Waals surface area contributed by atoms with Gasteiger partial charge in [-0.2, -0.15) is 4.98 Å². The van der Waals surface area contributed by atoms with E-state index in [-0.39, 0.29) is 5.91 Å². The van der Waals surface area contributed by atoms with Crippen LogP contribution in [0.3, 0.4) is 0 Å². The van der Waals surface area contributed by atoms with Gasteiger partial charge in [-0.3, -0.25) is 19.6 Å². The summed E-state index contributed by atoms with van der Waals surface area (Å²) >= 11 is 0. The molecule has 0 saturated carbocycles. The molecule has 8 heteroatoms. The van der Waals surface area contributed by atoms with E-state index in [0.29, 0.717) is 37.4 Å². The number of carbonyl (C=O) groups excluding carboxylic acids is 1. The Hall–Kier alpha value is -2.32. The van der Waals surface area contributed by atoms with Crippen LogP contribution >= 0.6 is 0 Å². The molecule has 3 heterocycles. The molecule has 0 unspecified atom stereocenters. The van der Waals surface area contributed by atoms with E-state index in [2.05, 4.69) is 37.3 Å². The predicted octanol–water partition coefficient (Wildman–Crippen LogP) is 0.596. The lowest BCUT2D eigenvalue weighted by atomic mass is 10.2. The van der Waals surface area contributed by atoms with E-state index in [4.69, 9.17) is 4.52 Å². The number of pyridine rings is 1. The number of carbonyl (C=O) groups is 1. The SMILES string of the molecule is Cc1nc(CN(C)[C@H]2CCN(CC(=O)NCc3ccccn3)C2)no1. The number of rotatable bonds is 7. The molecule has 134 valence electrons. The summed E-state index contributed by atoms with van der Waals surface area (Å²) in [7, 11) is 2.06. The number of aryl methyl sites for hydroxylation is 1. The zero-order chi connectivity index (χ0) is 17.6. The molecule has 25 heavy (non-hydrogen) atoms. The lowest BCUT2D eigenvalue weighted by Gasteiger charge is -2.23. The van der Waals surface area contributed by atoms with E-state index < -0.39 is 0 Å². The largest absolute Gasteiger partial charge is 0.349 e. The minimum atomic E-state index is 0.0303. The molecule has 0 bridgehead atoms. The van der Waals surface area contributed by atoms with Crippen LogP contribution in [-0.4, -0.2) is 63.6 Å². The lowest BCUT2D eigenvalue weighted by molar-refractivity contribution is -0.122. The Bertz CT molecular complexity index is 689. The smallest absolute Gasteiger partial charge is 0.234 e. The van der Waals surface area contributed by atoms with Gasteiger partial charge in [0.1, 0.15) is 0 Å². The van der Waals surface area contributed by atoms with Crippen molar-refractivity contribution >= 4 is 5.91 Å². The quantitative estimate of drug-likeness (QED) is 0.787. The van der Waals surface area contributed by atoms with Crippen molar-refractivity contribution in [3.05, 3.63) is 41.8 Å². The Morgan fingerprint density at radius 3 is 3.08 bits per heavy atom. The van der Waals surface area contributed by atoms with Gasteiger partial charge in [-0.15, -0.1) is 0 Å². The molecule has 1 atom stereocenters. The molecule has 3 rings (SSSR count). The topological polar surface area (TPSA) is 87.4 Å². The molecule has 1 N–H and O–H groups in total. The second kappa shape index (κ2) is 8.17. The van der Waals surface area contributed by atoms with Crippen LogP contribution in [0.5, 0.6) is 0 Å². The second-order valence-electron chi connectivity index (χ2n) is 6.42. The molecular formula is C17H24N6O2. The highest BCUT2D eigenvalue weighted by Crippen LogP contribution is 2.15. The number of hydrogen-bond donors (Lipinski definition) is 1. The Morgan fingerprint density at radius 1 is 1.48 bits per heavy atom. The average molecular weight is 344 g/mol. The van der Waals surface area contributed by atoms with Gasteiger partial charge in [-0.05, 0) is 25.6 Å². The van der Waals surface area contributed by atoms with Crippen LogP contribution in [0.2, 0.25) is 0 Å². The van der Waals surface area contributed by atoms with Gasteiger partial charge in [0.2, 0.25) is 11.8 Å². The first-order chi connectivity index (χ1) is 12.1. The Morgan fingerprint density at radius 2 is 2.36 bits per heavy atom. The number of likely N-dealkylation sites (N-methyl/N-ethyl adjacent to an activating group) is 1. The minimum absolute atomic E-state index is 0.0303. The van der Waals surface area contributed by atoms with Crippen LogP contribution in [0, 0.1) is 6.92 Å². The van der Waals surface area contributed by atoms with Gasteiger partial charge < -0.3 is 9.84 Å². The first kappa shape index (κ1) is 17.5. The molecular weight excluding hydrogens is 320 g/mol. The first-order valence-electron chi connectivity index (χ1n) is 8.48. The van der Waals surface area contributed by atoms with Gasteiger partial charge in [0.15, 0.2) is 5.82 Å². The summed E-state index contributed by atoms with van der Waals surface area (Å²) in [5.74, 6) is 1.32. The maximum Gasteiger partial charge on any atom is 0.234 e. The Labute approximate surface area is 147 Å². The summed E-state index contributed by atoms with van der Waals surface area (Å²) in [6.07, 6.45) is 2.76. The zero-order valence-corrected chi connectivity index (χ0v) is 14.7. The number of amides is 1. The van der Waals surface area contributed by atoms with Crippen LogP contribution in [-0.2, 0) is 17.9 Å². The van der Waals surface area contributed by atoms with E-state index in [1.54, 1.807) is 13.1 Å². The second-order valence-corrected chi connectivity index (χ2v) is 6.42. The van der Waals surface area contributed by atoms with Gasteiger partial charge in [0.05, 0.1) is 25.3 Å². The number of nitrogens with zero attached hydrogens (tertiary/aromatic N) is 5. The van der Waals surface area contributed by atoms with E-state index in [0.717, 1.165) is 25.2 Å². The Balaban J connectivity index is 1.40. The van der Waals surface area contributed by atoms with Crippen molar-refractivity contribution in [3.63, 3.8) is 0 Å². The lowest BCUT2D eigenvalue weighted by Crippen LogP contribution is -2.39. The molecule has 2 aromatic heterocycles. The molecule has 1 aliphatic heterocycles. The molecule has 1 fully saturated rings. The number of nitrogens with one attached hydrogen (secondary N) is 1. The van der Waals surface area contributed by atoms with Gasteiger partial charge >= 0.3 is 0 Å². The van der Waals surface area contributed by atoms with Crippen molar-refractivity contribution < 1.29 is 9.32 Å². The van der Waals surface area contributed by atoms with Crippen molar-refractivity contribution in [2.75, 3.05) is 26.7 Å². The normalized spacial score (nSPS) is 18.0. The predicted molar refractivity (Wildman–Crippen MR) is 91.4 cm³/mol. The Kier molecular flexibility index (Phi) is 5.72. The molecule has 2 aromatic rings. The molecule has 8 nitrogen and oxygen atoms in total. The van der Waals surface area contributed by atoms with Crippen molar-refractivity contribution in [1.82, 2.24) is 30.2 Å². The van der Waals surface area contributed by atoms with E-state index in [9.17, 15) is 4.79 Å². The van der Waals surface area contributed by atoms with Gasteiger partial charge in [0.25, 0.3) is 0 Å². The van der Waals surface area contributed by atoms with Crippen molar-refractivity contribution in [2.45, 2.75) is 32.5 Å². The monoisotopic (exact) mass is 344 g/mol. The number of hydrogen-bond acceptors (Lipinski definition) is 7. The van der Waals surface area contributed by atoms with Crippen LogP contribution in [0.4, 0.5) is 0 Å². The van der Waals surface area contributed by atoms with Crippen LogP contribution in [0.1, 0.15) is 23.8 Å². The standard InChI is InChI=1S/C17H24N6O2/c1-13-20-16(21-25-13)11-22(2)15-6-8-23(10-15)12-17(24)19-9-14-5-3-4-7-18-14/h3-5,7,15H,6,8-12H2,1-2H3,(H,19,24)/t15-/m0/s1. The van der Waals surface area contributed by atoms with Crippen LogP contribution in [0.15, 0.2) is 28.9 Å². The van der Waals surface area contributed by atoms with Gasteiger partial charge in [-0.1, -0.05) is 11.2 Å². The van der Waals surface area contributed by atoms with E-state index in [1.807, 2.05) is 18.2 Å². The van der Waals surface area contributed by atoms with Crippen molar-refractivity contribution in [3.8, 4) is 0 Å². The summed E-state index contributed by atoms with van der Waals surface area (Å²) < 4.78 is 5.01. The highest BCUT2D eigenvalue weighted by atomic mass is 16.5. The molecule has 0 radical (unpaired) electrons. The maximum absolute atomic E-state index is 12.1. The van der Waals surface area contributed by atoms with E-state index >= 15 is 0 Å². The van der Waals surface area contributed by atoms with Crippen LogP contribution in [0.25, 0.3) is 0 Å².